The van der Waals surface area contributed by atoms with E-state index in [-0.39, 0.29) is 5.91 Å². The number of rotatable bonds is 0. The molecule has 0 spiro atoms. The van der Waals surface area contributed by atoms with Crippen molar-refractivity contribution in [3.63, 3.8) is 0 Å². The predicted molar refractivity (Wildman–Crippen MR) is 59.5 cm³/mol. The Balaban J connectivity index is 2.15. The molecule has 2 heterocycles. The van der Waals surface area contributed by atoms with Crippen LogP contribution in [0.25, 0.3) is 0 Å². The van der Waals surface area contributed by atoms with Gasteiger partial charge in [0.1, 0.15) is 11.3 Å². The Kier molecular flexibility index (Phi) is 2.65. The fourth-order valence-corrected chi connectivity index (χ4v) is 1.62. The number of imide groups is 1. The van der Waals surface area contributed by atoms with Gasteiger partial charge in [0, 0.05) is 6.20 Å². The van der Waals surface area contributed by atoms with E-state index in [4.69, 9.17) is 4.74 Å². The standard InChI is InChI=1S/C11H15N3O3/c1-11(2,3)17-10(16)13-6-7-14-8(9(13)15)4-5-12-14/h4-5H,6-7H2,1-3H3. The van der Waals surface area contributed by atoms with E-state index in [1.165, 1.54) is 0 Å². The van der Waals surface area contributed by atoms with E-state index in [1.54, 1.807) is 37.7 Å². The van der Waals surface area contributed by atoms with E-state index in [0.29, 0.717) is 18.8 Å². The van der Waals surface area contributed by atoms with Crippen LogP contribution in [0.4, 0.5) is 4.79 Å². The highest BCUT2D eigenvalue weighted by Crippen LogP contribution is 2.15. The quantitative estimate of drug-likeness (QED) is 0.681. The normalized spacial score (nSPS) is 15.7. The molecular weight excluding hydrogens is 222 g/mol. The van der Waals surface area contributed by atoms with Gasteiger partial charge in [-0.05, 0) is 26.8 Å². The summed E-state index contributed by atoms with van der Waals surface area (Å²) in [7, 11) is 0. The van der Waals surface area contributed by atoms with Crippen LogP contribution in [0.2, 0.25) is 0 Å². The van der Waals surface area contributed by atoms with Crippen molar-refractivity contribution in [1.29, 1.82) is 0 Å². The third kappa shape index (κ3) is 2.30. The first kappa shape index (κ1) is 11.6. The summed E-state index contributed by atoms with van der Waals surface area (Å²) in [4.78, 5) is 24.9. The van der Waals surface area contributed by atoms with Crippen LogP contribution in [0.3, 0.4) is 0 Å². The summed E-state index contributed by atoms with van der Waals surface area (Å²) in [5.74, 6) is -0.358. The van der Waals surface area contributed by atoms with Crippen LogP contribution in [0, 0.1) is 0 Å². The highest BCUT2D eigenvalue weighted by Gasteiger charge is 2.32. The zero-order valence-electron chi connectivity index (χ0n) is 10.1. The molecule has 0 fully saturated rings. The van der Waals surface area contributed by atoms with Crippen LogP contribution in [0.5, 0.6) is 0 Å². The molecule has 0 aliphatic carbocycles. The highest BCUT2D eigenvalue weighted by atomic mass is 16.6. The molecule has 2 rings (SSSR count). The van der Waals surface area contributed by atoms with Gasteiger partial charge in [0.25, 0.3) is 5.91 Å². The van der Waals surface area contributed by atoms with E-state index >= 15 is 0 Å². The monoisotopic (exact) mass is 237 g/mol. The van der Waals surface area contributed by atoms with Crippen LogP contribution in [-0.2, 0) is 11.3 Å². The molecule has 2 amide bonds. The number of nitrogens with zero attached hydrogens (tertiary/aromatic N) is 3. The predicted octanol–water partition coefficient (Wildman–Crippen LogP) is 1.27. The van der Waals surface area contributed by atoms with E-state index in [1.807, 2.05) is 0 Å². The molecule has 17 heavy (non-hydrogen) atoms. The minimum Gasteiger partial charge on any atom is -0.443 e. The number of carbonyl (C=O) groups is 2. The lowest BCUT2D eigenvalue weighted by molar-refractivity contribution is 0.0210. The van der Waals surface area contributed by atoms with Gasteiger partial charge in [0.15, 0.2) is 0 Å². The molecule has 92 valence electrons. The van der Waals surface area contributed by atoms with Crippen LogP contribution in [-0.4, -0.2) is 38.8 Å². The number of carbonyl (C=O) groups excluding carboxylic acids is 2. The lowest BCUT2D eigenvalue weighted by atomic mass is 10.2. The second kappa shape index (κ2) is 3.87. The Hall–Kier alpha value is -1.85. The molecule has 0 saturated heterocycles. The molecule has 1 aromatic rings. The second-order valence-electron chi connectivity index (χ2n) is 4.88. The maximum atomic E-state index is 12.0. The molecule has 1 aliphatic heterocycles. The molecule has 1 aromatic heterocycles. The Bertz CT molecular complexity index is 459. The summed E-state index contributed by atoms with van der Waals surface area (Å²) in [6.45, 7) is 6.10. The summed E-state index contributed by atoms with van der Waals surface area (Å²) in [5.41, 5.74) is -0.184. The number of fused-ring (bicyclic) bond motifs is 1. The smallest absolute Gasteiger partial charge is 0.417 e. The number of hydrogen-bond donors (Lipinski definition) is 0. The molecule has 1 aliphatic rings. The van der Waals surface area contributed by atoms with Crippen molar-refractivity contribution in [2.45, 2.75) is 32.9 Å². The first-order valence-corrected chi connectivity index (χ1v) is 5.45. The fourth-order valence-electron chi connectivity index (χ4n) is 1.62. The van der Waals surface area contributed by atoms with E-state index in [0.717, 1.165) is 4.90 Å². The van der Waals surface area contributed by atoms with Gasteiger partial charge in [-0.15, -0.1) is 0 Å². The van der Waals surface area contributed by atoms with Crippen molar-refractivity contribution in [2.24, 2.45) is 0 Å². The molecule has 0 unspecified atom stereocenters. The van der Waals surface area contributed by atoms with E-state index < -0.39 is 11.7 Å². The maximum Gasteiger partial charge on any atom is 0.417 e. The molecule has 6 heteroatoms. The van der Waals surface area contributed by atoms with Gasteiger partial charge >= 0.3 is 6.09 Å². The molecule has 0 bridgehead atoms. The van der Waals surface area contributed by atoms with Crippen LogP contribution in [0.15, 0.2) is 12.3 Å². The Morgan fingerprint density at radius 1 is 1.41 bits per heavy atom. The number of amides is 2. The summed E-state index contributed by atoms with van der Waals surface area (Å²) in [5, 5.41) is 3.99. The van der Waals surface area contributed by atoms with Gasteiger partial charge in [0.05, 0.1) is 13.1 Å². The molecule has 0 saturated carbocycles. The minimum absolute atomic E-state index is 0.294. The molecule has 0 N–H and O–H groups in total. The first-order valence-electron chi connectivity index (χ1n) is 5.45. The SMILES string of the molecule is CC(C)(C)OC(=O)N1CCn2nccc2C1=O. The van der Waals surface area contributed by atoms with Gasteiger partial charge in [-0.1, -0.05) is 0 Å². The molecule has 6 nitrogen and oxygen atoms in total. The van der Waals surface area contributed by atoms with Crippen LogP contribution in [0.1, 0.15) is 31.3 Å². The van der Waals surface area contributed by atoms with E-state index in [9.17, 15) is 9.59 Å². The van der Waals surface area contributed by atoms with Crippen LogP contribution >= 0.6 is 0 Å². The Morgan fingerprint density at radius 3 is 2.76 bits per heavy atom. The van der Waals surface area contributed by atoms with Crippen molar-refractivity contribution in [1.82, 2.24) is 14.7 Å². The van der Waals surface area contributed by atoms with Crippen molar-refractivity contribution < 1.29 is 14.3 Å². The van der Waals surface area contributed by atoms with Crippen molar-refractivity contribution in [2.75, 3.05) is 6.54 Å². The number of ether oxygens (including phenoxy) is 1. The van der Waals surface area contributed by atoms with Gasteiger partial charge < -0.3 is 4.74 Å². The zero-order valence-corrected chi connectivity index (χ0v) is 10.1. The van der Waals surface area contributed by atoms with Gasteiger partial charge in [-0.3, -0.25) is 9.48 Å². The van der Waals surface area contributed by atoms with Crippen molar-refractivity contribution in [3.05, 3.63) is 18.0 Å². The lowest BCUT2D eigenvalue weighted by Gasteiger charge is -2.28. The van der Waals surface area contributed by atoms with E-state index in [2.05, 4.69) is 5.10 Å². The second-order valence-corrected chi connectivity index (χ2v) is 4.88. The zero-order chi connectivity index (χ0) is 12.6. The van der Waals surface area contributed by atoms with Crippen LogP contribution < -0.4 is 0 Å². The topological polar surface area (TPSA) is 64.4 Å². The molecule has 0 aromatic carbocycles. The average Bonchev–Trinajstić information content (AvgIpc) is 2.63. The summed E-state index contributed by atoms with van der Waals surface area (Å²) in [6.07, 6.45) is 0.946. The number of hydrogen-bond acceptors (Lipinski definition) is 4. The molecule has 0 atom stereocenters. The Labute approximate surface area is 99.1 Å². The minimum atomic E-state index is -0.602. The van der Waals surface area contributed by atoms with Gasteiger partial charge in [-0.2, -0.15) is 5.10 Å². The first-order chi connectivity index (χ1) is 7.88. The third-order valence-electron chi connectivity index (χ3n) is 2.33. The number of aromatic nitrogens is 2. The van der Waals surface area contributed by atoms with Crippen molar-refractivity contribution in [3.8, 4) is 0 Å². The summed E-state index contributed by atoms with van der Waals surface area (Å²) in [6, 6.07) is 1.60. The van der Waals surface area contributed by atoms with Crippen molar-refractivity contribution >= 4 is 12.0 Å². The molecular formula is C11H15N3O3. The summed E-state index contributed by atoms with van der Waals surface area (Å²) >= 11 is 0. The van der Waals surface area contributed by atoms with Gasteiger partial charge in [-0.25, -0.2) is 9.69 Å². The maximum absolute atomic E-state index is 12.0. The average molecular weight is 237 g/mol. The Morgan fingerprint density at radius 2 is 2.12 bits per heavy atom. The summed E-state index contributed by atoms with van der Waals surface area (Å²) < 4.78 is 6.76. The van der Waals surface area contributed by atoms with Gasteiger partial charge in [0.2, 0.25) is 0 Å². The molecule has 0 radical (unpaired) electrons. The largest absolute Gasteiger partial charge is 0.443 e. The fraction of sp³-hybridized carbons (Fsp3) is 0.545. The third-order valence-corrected chi connectivity index (χ3v) is 2.33. The lowest BCUT2D eigenvalue weighted by Crippen LogP contribution is -2.46. The highest BCUT2D eigenvalue weighted by molar-refractivity contribution is 6.02.